The lowest BCUT2D eigenvalue weighted by molar-refractivity contribution is 0.0974. The van der Waals surface area contributed by atoms with E-state index >= 15 is 0 Å². The Morgan fingerprint density at radius 1 is 1.18 bits per heavy atom. The lowest BCUT2D eigenvalue weighted by Gasteiger charge is -2.14. The molecular weight excluding hydrogens is 396 g/mol. The van der Waals surface area contributed by atoms with Gasteiger partial charge < -0.3 is 4.98 Å². The summed E-state index contributed by atoms with van der Waals surface area (Å²) in [5.74, 6) is 0.125. The van der Waals surface area contributed by atoms with Crippen molar-refractivity contribution >= 4 is 44.0 Å². The average molecular weight is 417 g/mol. The third-order valence-electron chi connectivity index (χ3n) is 5.27. The summed E-state index contributed by atoms with van der Waals surface area (Å²) in [5, 5.41) is 1.37. The van der Waals surface area contributed by atoms with Crippen LogP contribution in [0.3, 0.4) is 0 Å². The first kappa shape index (κ1) is 19.0. The van der Waals surface area contributed by atoms with Gasteiger partial charge in [0.05, 0.1) is 10.6 Å². The highest BCUT2D eigenvalue weighted by molar-refractivity contribution is 7.92. The predicted molar refractivity (Wildman–Crippen MR) is 112 cm³/mol. The zero-order valence-corrected chi connectivity index (χ0v) is 17.3. The number of fused-ring (bicyclic) bond motifs is 3. The summed E-state index contributed by atoms with van der Waals surface area (Å²) in [7, 11) is -3.80. The molecule has 0 bridgehead atoms. The Kier molecular flexibility index (Phi) is 4.71. The molecule has 4 rings (SSSR count). The molecule has 1 aliphatic carbocycles. The SMILES string of the molecule is CCc1cc2c3c([nH]c2cc1S(=O)(=O)Nc1ccc(Cl)cc1C)CCCC3=O. The second-order valence-corrected chi connectivity index (χ2v) is 9.27. The first-order valence-corrected chi connectivity index (χ1v) is 11.2. The van der Waals surface area contributed by atoms with E-state index in [0.717, 1.165) is 35.0 Å². The summed E-state index contributed by atoms with van der Waals surface area (Å²) in [4.78, 5) is 15.9. The minimum atomic E-state index is -3.80. The molecule has 2 aromatic carbocycles. The summed E-state index contributed by atoms with van der Waals surface area (Å²) in [5.41, 5.74) is 4.24. The molecule has 0 unspecified atom stereocenters. The minimum absolute atomic E-state index is 0.125. The number of hydrogen-bond acceptors (Lipinski definition) is 3. The lowest BCUT2D eigenvalue weighted by atomic mass is 9.94. The highest BCUT2D eigenvalue weighted by atomic mass is 35.5. The molecule has 5 nitrogen and oxygen atoms in total. The van der Waals surface area contributed by atoms with Gasteiger partial charge >= 0.3 is 0 Å². The molecule has 3 aromatic rings. The van der Waals surface area contributed by atoms with Crippen LogP contribution in [0.2, 0.25) is 5.02 Å². The van der Waals surface area contributed by atoms with Gasteiger partial charge in [-0.3, -0.25) is 9.52 Å². The monoisotopic (exact) mass is 416 g/mol. The number of aryl methyl sites for hydroxylation is 3. The van der Waals surface area contributed by atoms with Gasteiger partial charge in [-0.05, 0) is 67.6 Å². The number of aromatic amines is 1. The maximum absolute atomic E-state index is 13.1. The van der Waals surface area contributed by atoms with Crippen LogP contribution in [0.1, 0.15) is 46.9 Å². The smallest absolute Gasteiger partial charge is 0.262 e. The van der Waals surface area contributed by atoms with Gasteiger partial charge in [-0.25, -0.2) is 8.42 Å². The van der Waals surface area contributed by atoms with Crippen molar-refractivity contribution in [2.24, 2.45) is 0 Å². The molecule has 0 saturated heterocycles. The largest absolute Gasteiger partial charge is 0.358 e. The Morgan fingerprint density at radius 3 is 2.68 bits per heavy atom. The molecule has 0 atom stereocenters. The molecule has 1 aromatic heterocycles. The molecule has 1 aliphatic rings. The van der Waals surface area contributed by atoms with Crippen molar-refractivity contribution in [2.75, 3.05) is 4.72 Å². The van der Waals surface area contributed by atoms with Crippen LogP contribution in [0.15, 0.2) is 35.2 Å². The van der Waals surface area contributed by atoms with E-state index < -0.39 is 10.0 Å². The third kappa shape index (κ3) is 3.20. The number of benzene rings is 2. The number of Topliss-reactive ketones (excluding diaryl/α,β-unsaturated/α-hetero) is 1. The Hall–Kier alpha value is -2.31. The highest BCUT2D eigenvalue weighted by Crippen LogP contribution is 2.33. The van der Waals surface area contributed by atoms with Gasteiger partial charge in [-0.15, -0.1) is 0 Å². The summed E-state index contributed by atoms with van der Waals surface area (Å²) in [6.07, 6.45) is 2.71. The Labute approximate surface area is 169 Å². The molecule has 0 saturated carbocycles. The van der Waals surface area contributed by atoms with Gasteiger partial charge in [0.2, 0.25) is 0 Å². The number of aromatic nitrogens is 1. The topological polar surface area (TPSA) is 79.0 Å². The number of rotatable bonds is 4. The van der Waals surface area contributed by atoms with Crippen LogP contribution in [0.5, 0.6) is 0 Å². The standard InChI is InChI=1S/C21H21ClN2O3S/c1-3-13-10-15-18(23-17-5-4-6-19(25)21(15)17)11-20(13)28(26,27)24-16-8-7-14(22)9-12(16)2/h7-11,23-24H,3-6H2,1-2H3. The highest BCUT2D eigenvalue weighted by Gasteiger charge is 2.26. The van der Waals surface area contributed by atoms with Gasteiger partial charge in [-0.2, -0.15) is 0 Å². The van der Waals surface area contributed by atoms with Crippen LogP contribution in [0, 0.1) is 6.92 Å². The number of carbonyl (C=O) groups excluding carboxylic acids is 1. The van der Waals surface area contributed by atoms with Crippen LogP contribution in [0.25, 0.3) is 10.9 Å². The van der Waals surface area contributed by atoms with Gasteiger partial charge in [-0.1, -0.05) is 18.5 Å². The number of sulfonamides is 1. The van der Waals surface area contributed by atoms with E-state index in [1.807, 2.05) is 13.0 Å². The third-order valence-corrected chi connectivity index (χ3v) is 6.95. The number of H-pyrrole nitrogens is 1. The number of anilines is 1. The molecule has 0 amide bonds. The van der Waals surface area contributed by atoms with Crippen molar-refractivity contribution in [3.63, 3.8) is 0 Å². The van der Waals surface area contributed by atoms with Crippen LogP contribution < -0.4 is 4.72 Å². The van der Waals surface area contributed by atoms with E-state index in [9.17, 15) is 13.2 Å². The molecule has 0 fully saturated rings. The van der Waals surface area contributed by atoms with Crippen LogP contribution in [-0.4, -0.2) is 19.2 Å². The van der Waals surface area contributed by atoms with Crippen LogP contribution in [0.4, 0.5) is 5.69 Å². The second kappa shape index (κ2) is 6.94. The molecule has 7 heteroatoms. The first-order chi connectivity index (χ1) is 13.3. The number of nitrogens with one attached hydrogen (secondary N) is 2. The van der Waals surface area contributed by atoms with Crippen molar-refractivity contribution in [1.29, 1.82) is 0 Å². The Bertz CT molecular complexity index is 1210. The van der Waals surface area contributed by atoms with Crippen molar-refractivity contribution in [3.05, 3.63) is 57.7 Å². The van der Waals surface area contributed by atoms with Crippen molar-refractivity contribution in [3.8, 4) is 0 Å². The molecule has 146 valence electrons. The molecule has 0 radical (unpaired) electrons. The van der Waals surface area contributed by atoms with E-state index in [-0.39, 0.29) is 10.7 Å². The number of carbonyl (C=O) groups is 1. The normalized spacial score (nSPS) is 14.3. The van der Waals surface area contributed by atoms with E-state index in [4.69, 9.17) is 11.6 Å². The predicted octanol–water partition coefficient (Wildman–Crippen LogP) is 5.01. The van der Waals surface area contributed by atoms with Crippen LogP contribution >= 0.6 is 11.6 Å². The lowest BCUT2D eigenvalue weighted by Crippen LogP contribution is -2.15. The molecule has 0 aliphatic heterocycles. The van der Waals surface area contributed by atoms with E-state index in [2.05, 4.69) is 9.71 Å². The minimum Gasteiger partial charge on any atom is -0.358 e. The number of hydrogen-bond donors (Lipinski definition) is 2. The maximum Gasteiger partial charge on any atom is 0.262 e. The fraction of sp³-hybridized carbons (Fsp3) is 0.286. The van der Waals surface area contributed by atoms with E-state index in [1.165, 1.54) is 0 Å². The Morgan fingerprint density at radius 2 is 1.96 bits per heavy atom. The number of halogens is 1. The Balaban J connectivity index is 1.84. The van der Waals surface area contributed by atoms with E-state index in [1.54, 1.807) is 31.2 Å². The van der Waals surface area contributed by atoms with Crippen molar-refractivity contribution in [2.45, 2.75) is 44.4 Å². The van der Waals surface area contributed by atoms with E-state index in [0.29, 0.717) is 34.6 Å². The van der Waals surface area contributed by atoms with Gasteiger partial charge in [0.1, 0.15) is 0 Å². The molecule has 28 heavy (non-hydrogen) atoms. The quantitative estimate of drug-likeness (QED) is 0.627. The summed E-state index contributed by atoms with van der Waals surface area (Å²) in [6.45, 7) is 3.72. The molecule has 2 N–H and O–H groups in total. The molecule has 1 heterocycles. The summed E-state index contributed by atoms with van der Waals surface area (Å²) in [6, 6.07) is 8.52. The van der Waals surface area contributed by atoms with Crippen molar-refractivity contribution in [1.82, 2.24) is 4.98 Å². The average Bonchev–Trinajstić information content (AvgIpc) is 3.01. The van der Waals surface area contributed by atoms with Crippen LogP contribution in [-0.2, 0) is 22.9 Å². The fourth-order valence-corrected chi connectivity index (χ4v) is 5.52. The van der Waals surface area contributed by atoms with Gasteiger partial charge in [0, 0.05) is 33.6 Å². The first-order valence-electron chi connectivity index (χ1n) is 9.30. The second-order valence-electron chi connectivity index (χ2n) is 7.18. The van der Waals surface area contributed by atoms with Gasteiger partial charge in [0.25, 0.3) is 10.0 Å². The molecular formula is C21H21ClN2O3S. The molecule has 0 spiro atoms. The van der Waals surface area contributed by atoms with Gasteiger partial charge in [0.15, 0.2) is 5.78 Å². The van der Waals surface area contributed by atoms with Crippen molar-refractivity contribution < 1.29 is 13.2 Å². The summed E-state index contributed by atoms with van der Waals surface area (Å²) >= 11 is 5.97. The number of ketones is 1. The maximum atomic E-state index is 13.1. The summed E-state index contributed by atoms with van der Waals surface area (Å²) < 4.78 is 29.0. The zero-order chi connectivity index (χ0) is 20.1. The fourth-order valence-electron chi connectivity index (χ4n) is 3.85. The zero-order valence-electron chi connectivity index (χ0n) is 15.7.